The summed E-state index contributed by atoms with van der Waals surface area (Å²) in [7, 11) is 2.08. The summed E-state index contributed by atoms with van der Waals surface area (Å²) in [6.45, 7) is 6.56. The van der Waals surface area contributed by atoms with E-state index in [1.54, 1.807) is 0 Å². The number of anilines is 1. The Labute approximate surface area is 103 Å². The van der Waals surface area contributed by atoms with Crippen molar-refractivity contribution in [2.45, 2.75) is 32.7 Å². The fourth-order valence-corrected chi connectivity index (χ4v) is 2.24. The molecular formula is C13H22N4. The molecule has 2 rings (SSSR count). The summed E-state index contributed by atoms with van der Waals surface area (Å²) < 4.78 is 0. The van der Waals surface area contributed by atoms with Crippen LogP contribution in [0.4, 0.5) is 5.95 Å². The van der Waals surface area contributed by atoms with Crippen molar-refractivity contribution in [1.29, 1.82) is 0 Å². The van der Waals surface area contributed by atoms with Crippen molar-refractivity contribution in [1.82, 2.24) is 15.3 Å². The first-order valence-electron chi connectivity index (χ1n) is 6.41. The highest BCUT2D eigenvalue weighted by Gasteiger charge is 2.20. The third-order valence-corrected chi connectivity index (χ3v) is 3.23. The van der Waals surface area contributed by atoms with Gasteiger partial charge in [0.2, 0.25) is 5.95 Å². The van der Waals surface area contributed by atoms with Crippen LogP contribution in [0.15, 0.2) is 12.4 Å². The van der Waals surface area contributed by atoms with Crippen LogP contribution in [0, 0.1) is 5.92 Å². The minimum Gasteiger partial charge on any atom is -0.340 e. The number of likely N-dealkylation sites (N-methyl/N-ethyl adjacent to an activating group) is 1. The average molecular weight is 234 g/mol. The molecule has 1 aromatic heterocycles. The highest BCUT2D eigenvalue weighted by Crippen LogP contribution is 2.14. The summed E-state index contributed by atoms with van der Waals surface area (Å²) in [5.41, 5.74) is 1.22. The van der Waals surface area contributed by atoms with E-state index in [0.29, 0.717) is 12.0 Å². The van der Waals surface area contributed by atoms with E-state index in [2.05, 4.69) is 41.1 Å². The van der Waals surface area contributed by atoms with Crippen LogP contribution >= 0.6 is 0 Å². The van der Waals surface area contributed by atoms with E-state index in [1.807, 2.05) is 12.4 Å². The standard InChI is InChI=1S/C13H22N4/c1-10(2)6-11-7-15-13(16-8-11)17(3)12-4-5-14-9-12/h7-8,10,12,14H,4-6,9H2,1-3H3. The Kier molecular flexibility index (Phi) is 3.94. The fourth-order valence-electron chi connectivity index (χ4n) is 2.24. The second-order valence-electron chi connectivity index (χ2n) is 5.25. The molecule has 4 nitrogen and oxygen atoms in total. The molecule has 1 N–H and O–H groups in total. The summed E-state index contributed by atoms with van der Waals surface area (Å²) in [6.07, 6.45) is 6.14. The van der Waals surface area contributed by atoms with E-state index in [1.165, 1.54) is 12.0 Å². The maximum absolute atomic E-state index is 4.46. The van der Waals surface area contributed by atoms with Gasteiger partial charge in [0.05, 0.1) is 0 Å². The zero-order valence-corrected chi connectivity index (χ0v) is 11.0. The number of hydrogen-bond donors (Lipinski definition) is 1. The van der Waals surface area contributed by atoms with Crippen molar-refractivity contribution in [3.8, 4) is 0 Å². The number of hydrogen-bond acceptors (Lipinski definition) is 4. The molecule has 0 saturated carbocycles. The van der Waals surface area contributed by atoms with Crippen molar-refractivity contribution in [3.05, 3.63) is 18.0 Å². The lowest BCUT2D eigenvalue weighted by Gasteiger charge is -2.23. The molecule has 0 aliphatic carbocycles. The van der Waals surface area contributed by atoms with Gasteiger partial charge in [0.1, 0.15) is 0 Å². The molecule has 2 heterocycles. The molecule has 1 saturated heterocycles. The highest BCUT2D eigenvalue weighted by molar-refractivity contribution is 5.31. The van der Waals surface area contributed by atoms with Crippen molar-refractivity contribution in [2.75, 3.05) is 25.0 Å². The van der Waals surface area contributed by atoms with Crippen LogP contribution in [0.2, 0.25) is 0 Å². The molecule has 0 radical (unpaired) electrons. The fraction of sp³-hybridized carbons (Fsp3) is 0.692. The molecule has 1 fully saturated rings. The Hall–Kier alpha value is -1.16. The molecule has 0 amide bonds. The second-order valence-corrected chi connectivity index (χ2v) is 5.25. The van der Waals surface area contributed by atoms with Gasteiger partial charge in [-0.05, 0) is 30.9 Å². The van der Waals surface area contributed by atoms with E-state index < -0.39 is 0 Å². The highest BCUT2D eigenvalue weighted by atomic mass is 15.3. The molecule has 0 bridgehead atoms. The van der Waals surface area contributed by atoms with Gasteiger partial charge in [-0.25, -0.2) is 9.97 Å². The summed E-state index contributed by atoms with van der Waals surface area (Å²) in [4.78, 5) is 11.1. The average Bonchev–Trinajstić information content (AvgIpc) is 2.82. The molecule has 4 heteroatoms. The van der Waals surface area contributed by atoms with Crippen molar-refractivity contribution >= 4 is 5.95 Å². The Morgan fingerprint density at radius 3 is 2.65 bits per heavy atom. The Balaban J connectivity index is 2.01. The van der Waals surface area contributed by atoms with Crippen molar-refractivity contribution < 1.29 is 0 Å². The predicted molar refractivity (Wildman–Crippen MR) is 70.3 cm³/mol. The molecule has 1 unspecified atom stereocenters. The van der Waals surface area contributed by atoms with Crippen LogP contribution in [-0.2, 0) is 6.42 Å². The number of nitrogens with one attached hydrogen (secondary N) is 1. The van der Waals surface area contributed by atoms with Gasteiger partial charge < -0.3 is 10.2 Å². The Morgan fingerprint density at radius 1 is 1.41 bits per heavy atom. The maximum atomic E-state index is 4.46. The lowest BCUT2D eigenvalue weighted by Crippen LogP contribution is -2.34. The van der Waals surface area contributed by atoms with Gasteiger partial charge in [0.15, 0.2) is 0 Å². The van der Waals surface area contributed by atoms with E-state index in [4.69, 9.17) is 0 Å². The summed E-state index contributed by atoms with van der Waals surface area (Å²) in [5.74, 6) is 1.49. The molecular weight excluding hydrogens is 212 g/mol. The molecule has 0 spiro atoms. The quantitative estimate of drug-likeness (QED) is 0.856. The van der Waals surface area contributed by atoms with Gasteiger partial charge >= 0.3 is 0 Å². The van der Waals surface area contributed by atoms with Crippen molar-refractivity contribution in [3.63, 3.8) is 0 Å². The predicted octanol–water partition coefficient (Wildman–Crippen LogP) is 1.47. The lowest BCUT2D eigenvalue weighted by molar-refractivity contribution is 0.638. The van der Waals surface area contributed by atoms with Crippen LogP contribution in [0.3, 0.4) is 0 Å². The lowest BCUT2D eigenvalue weighted by atomic mass is 10.1. The SMILES string of the molecule is CC(C)Cc1cnc(N(C)C2CCNC2)nc1. The van der Waals surface area contributed by atoms with Gasteiger partial charge in [0, 0.05) is 32.0 Å². The monoisotopic (exact) mass is 234 g/mol. The number of nitrogens with zero attached hydrogens (tertiary/aromatic N) is 3. The summed E-state index contributed by atoms with van der Waals surface area (Å²) in [5, 5.41) is 3.36. The van der Waals surface area contributed by atoms with E-state index in [9.17, 15) is 0 Å². The molecule has 1 aliphatic heterocycles. The Morgan fingerprint density at radius 2 is 2.12 bits per heavy atom. The number of rotatable bonds is 4. The Bertz CT molecular complexity index is 341. The van der Waals surface area contributed by atoms with Crippen LogP contribution in [0.5, 0.6) is 0 Å². The van der Waals surface area contributed by atoms with E-state index in [0.717, 1.165) is 25.5 Å². The second kappa shape index (κ2) is 5.45. The summed E-state index contributed by atoms with van der Waals surface area (Å²) in [6, 6.07) is 0.533. The van der Waals surface area contributed by atoms with Crippen LogP contribution in [-0.4, -0.2) is 36.1 Å². The largest absolute Gasteiger partial charge is 0.340 e. The summed E-state index contributed by atoms with van der Waals surface area (Å²) >= 11 is 0. The van der Waals surface area contributed by atoms with Gasteiger partial charge in [-0.15, -0.1) is 0 Å². The van der Waals surface area contributed by atoms with Crippen molar-refractivity contribution in [2.24, 2.45) is 5.92 Å². The third-order valence-electron chi connectivity index (χ3n) is 3.23. The van der Waals surface area contributed by atoms with Gasteiger partial charge in [-0.1, -0.05) is 13.8 Å². The van der Waals surface area contributed by atoms with E-state index >= 15 is 0 Å². The molecule has 1 atom stereocenters. The molecule has 17 heavy (non-hydrogen) atoms. The molecule has 1 aromatic rings. The maximum Gasteiger partial charge on any atom is 0.225 e. The van der Waals surface area contributed by atoms with Gasteiger partial charge in [-0.2, -0.15) is 0 Å². The zero-order chi connectivity index (χ0) is 12.3. The first kappa shape index (κ1) is 12.3. The normalized spacial score (nSPS) is 19.9. The minimum atomic E-state index is 0.533. The third kappa shape index (κ3) is 3.16. The van der Waals surface area contributed by atoms with Gasteiger partial charge in [-0.3, -0.25) is 0 Å². The first-order valence-corrected chi connectivity index (χ1v) is 6.41. The smallest absolute Gasteiger partial charge is 0.225 e. The minimum absolute atomic E-state index is 0.533. The van der Waals surface area contributed by atoms with Gasteiger partial charge in [0.25, 0.3) is 0 Å². The van der Waals surface area contributed by atoms with Crippen LogP contribution < -0.4 is 10.2 Å². The topological polar surface area (TPSA) is 41.1 Å². The molecule has 94 valence electrons. The van der Waals surface area contributed by atoms with Crippen LogP contribution in [0.25, 0.3) is 0 Å². The molecule has 0 aromatic carbocycles. The zero-order valence-electron chi connectivity index (χ0n) is 11.0. The molecule has 1 aliphatic rings. The van der Waals surface area contributed by atoms with E-state index in [-0.39, 0.29) is 0 Å². The number of aromatic nitrogens is 2. The van der Waals surface area contributed by atoms with Crippen LogP contribution in [0.1, 0.15) is 25.8 Å². The first-order chi connectivity index (χ1) is 8.16.